The van der Waals surface area contributed by atoms with Gasteiger partial charge < -0.3 is 5.32 Å². The molecular weight excluding hydrogens is 198 g/mol. The van der Waals surface area contributed by atoms with Crippen molar-refractivity contribution in [1.29, 1.82) is 10.5 Å². The summed E-state index contributed by atoms with van der Waals surface area (Å²) in [4.78, 5) is 0. The maximum atomic E-state index is 8.88. The Bertz CT molecular complexity index is 437. The summed E-state index contributed by atoms with van der Waals surface area (Å²) < 4.78 is 0. The molecule has 1 aromatic rings. The molecule has 1 N–H and O–H groups in total. The lowest BCUT2D eigenvalue weighted by atomic mass is 10.1. The summed E-state index contributed by atoms with van der Waals surface area (Å²) in [6.45, 7) is 4.24. The summed E-state index contributed by atoms with van der Waals surface area (Å²) in [7, 11) is 0. The molecule has 1 atom stereocenters. The number of anilines is 1. The van der Waals surface area contributed by atoms with Crippen LogP contribution in [0.4, 0.5) is 5.69 Å². The van der Waals surface area contributed by atoms with Gasteiger partial charge in [0.15, 0.2) is 0 Å². The van der Waals surface area contributed by atoms with Gasteiger partial charge in [-0.15, -0.1) is 0 Å². The van der Waals surface area contributed by atoms with Gasteiger partial charge in [-0.25, -0.2) is 0 Å². The molecule has 3 heteroatoms. The first-order chi connectivity index (χ1) is 7.71. The Morgan fingerprint density at radius 3 is 2.50 bits per heavy atom. The van der Waals surface area contributed by atoms with E-state index in [1.54, 1.807) is 12.1 Å². The second-order valence-corrected chi connectivity index (χ2v) is 3.82. The van der Waals surface area contributed by atoms with E-state index in [4.69, 9.17) is 10.5 Å². The van der Waals surface area contributed by atoms with Gasteiger partial charge in [-0.1, -0.05) is 13.3 Å². The van der Waals surface area contributed by atoms with Gasteiger partial charge in [-0.2, -0.15) is 10.5 Å². The smallest absolute Gasteiger partial charge is 0.101 e. The van der Waals surface area contributed by atoms with Crippen LogP contribution in [0.15, 0.2) is 18.2 Å². The molecular formula is C13H15N3. The molecule has 1 aromatic carbocycles. The minimum absolute atomic E-state index is 0.379. The van der Waals surface area contributed by atoms with Gasteiger partial charge in [-0.05, 0) is 31.5 Å². The number of nitrogens with one attached hydrogen (secondary N) is 1. The van der Waals surface area contributed by atoms with Crippen LogP contribution in [0.25, 0.3) is 0 Å². The van der Waals surface area contributed by atoms with Gasteiger partial charge in [0.1, 0.15) is 12.1 Å². The Hall–Kier alpha value is -2.00. The predicted molar refractivity (Wildman–Crippen MR) is 63.9 cm³/mol. The first kappa shape index (κ1) is 12.1. The van der Waals surface area contributed by atoms with Crippen molar-refractivity contribution in [1.82, 2.24) is 0 Å². The van der Waals surface area contributed by atoms with Crippen molar-refractivity contribution < 1.29 is 0 Å². The van der Waals surface area contributed by atoms with E-state index in [-0.39, 0.29) is 0 Å². The quantitative estimate of drug-likeness (QED) is 0.836. The number of nitriles is 2. The molecule has 0 bridgehead atoms. The molecule has 0 amide bonds. The molecule has 0 saturated heterocycles. The first-order valence-corrected chi connectivity index (χ1v) is 5.42. The molecule has 1 rings (SSSR count). The van der Waals surface area contributed by atoms with Gasteiger partial charge in [0, 0.05) is 11.7 Å². The fourth-order valence-corrected chi connectivity index (χ4v) is 1.61. The molecule has 0 aliphatic heterocycles. The molecule has 0 saturated carbocycles. The van der Waals surface area contributed by atoms with E-state index in [0.29, 0.717) is 17.2 Å². The summed E-state index contributed by atoms with van der Waals surface area (Å²) in [6.07, 6.45) is 2.21. The normalized spacial score (nSPS) is 11.2. The molecule has 0 aliphatic carbocycles. The zero-order valence-electron chi connectivity index (χ0n) is 9.62. The molecule has 0 aliphatic rings. The van der Waals surface area contributed by atoms with E-state index < -0.39 is 0 Å². The minimum Gasteiger partial charge on any atom is -0.383 e. The summed E-state index contributed by atoms with van der Waals surface area (Å²) in [5.41, 5.74) is 1.75. The monoisotopic (exact) mass is 213 g/mol. The fourth-order valence-electron chi connectivity index (χ4n) is 1.61. The molecule has 1 unspecified atom stereocenters. The van der Waals surface area contributed by atoms with Gasteiger partial charge >= 0.3 is 0 Å². The SMILES string of the molecule is CCCC(C)Nc1ccc(C#N)c(C#N)c1. The summed E-state index contributed by atoms with van der Waals surface area (Å²) in [5, 5.41) is 21.0. The van der Waals surface area contributed by atoms with Crippen molar-refractivity contribution in [3.8, 4) is 12.1 Å². The predicted octanol–water partition coefficient (Wildman–Crippen LogP) is 3.03. The maximum Gasteiger partial charge on any atom is 0.101 e. The lowest BCUT2D eigenvalue weighted by Crippen LogP contribution is -2.14. The van der Waals surface area contributed by atoms with Crippen molar-refractivity contribution in [2.45, 2.75) is 32.7 Å². The van der Waals surface area contributed by atoms with Crippen molar-refractivity contribution in [2.24, 2.45) is 0 Å². The highest BCUT2D eigenvalue weighted by Gasteiger charge is 2.05. The standard InChI is InChI=1S/C13H15N3/c1-3-4-10(2)16-13-6-5-11(8-14)12(7-13)9-15/h5-7,10,16H,3-4H2,1-2H3. The van der Waals surface area contributed by atoms with Crippen LogP contribution < -0.4 is 5.32 Å². The van der Waals surface area contributed by atoms with Crippen LogP contribution in [-0.2, 0) is 0 Å². The van der Waals surface area contributed by atoms with Gasteiger partial charge in [0.2, 0.25) is 0 Å². The van der Waals surface area contributed by atoms with E-state index in [9.17, 15) is 0 Å². The van der Waals surface area contributed by atoms with Crippen LogP contribution >= 0.6 is 0 Å². The van der Waals surface area contributed by atoms with E-state index in [0.717, 1.165) is 18.5 Å². The van der Waals surface area contributed by atoms with E-state index >= 15 is 0 Å². The summed E-state index contributed by atoms with van der Waals surface area (Å²) in [5.74, 6) is 0. The number of hydrogen-bond acceptors (Lipinski definition) is 3. The highest BCUT2D eigenvalue weighted by atomic mass is 14.9. The van der Waals surface area contributed by atoms with E-state index in [2.05, 4.69) is 19.2 Å². The summed E-state index contributed by atoms with van der Waals surface area (Å²) >= 11 is 0. The van der Waals surface area contributed by atoms with E-state index in [1.165, 1.54) is 0 Å². The molecule has 0 spiro atoms. The Balaban J connectivity index is 2.85. The van der Waals surface area contributed by atoms with Crippen molar-refractivity contribution >= 4 is 5.69 Å². The van der Waals surface area contributed by atoms with Gasteiger partial charge in [-0.3, -0.25) is 0 Å². The third-order valence-electron chi connectivity index (χ3n) is 2.40. The molecule has 82 valence electrons. The average molecular weight is 213 g/mol. The molecule has 3 nitrogen and oxygen atoms in total. The van der Waals surface area contributed by atoms with Crippen molar-refractivity contribution in [2.75, 3.05) is 5.32 Å². The van der Waals surface area contributed by atoms with Crippen LogP contribution in [0.3, 0.4) is 0 Å². The van der Waals surface area contributed by atoms with Crippen LogP contribution in [0.1, 0.15) is 37.8 Å². The third-order valence-corrected chi connectivity index (χ3v) is 2.40. The molecule has 0 aromatic heterocycles. The Morgan fingerprint density at radius 1 is 1.25 bits per heavy atom. The molecule has 0 radical (unpaired) electrons. The zero-order chi connectivity index (χ0) is 12.0. The minimum atomic E-state index is 0.379. The van der Waals surface area contributed by atoms with Crippen LogP contribution in [0.2, 0.25) is 0 Å². The number of hydrogen-bond donors (Lipinski definition) is 1. The highest BCUT2D eigenvalue weighted by Crippen LogP contribution is 2.16. The molecule has 16 heavy (non-hydrogen) atoms. The van der Waals surface area contributed by atoms with Crippen molar-refractivity contribution in [3.05, 3.63) is 29.3 Å². The third kappa shape index (κ3) is 3.00. The van der Waals surface area contributed by atoms with E-state index in [1.807, 2.05) is 18.2 Å². The van der Waals surface area contributed by atoms with Crippen LogP contribution in [0.5, 0.6) is 0 Å². The second-order valence-electron chi connectivity index (χ2n) is 3.82. The first-order valence-electron chi connectivity index (χ1n) is 5.42. The maximum absolute atomic E-state index is 8.88. The summed E-state index contributed by atoms with van der Waals surface area (Å²) in [6, 6.07) is 9.66. The number of benzene rings is 1. The lowest BCUT2D eigenvalue weighted by Gasteiger charge is -2.14. The van der Waals surface area contributed by atoms with Gasteiger partial charge in [0.25, 0.3) is 0 Å². The lowest BCUT2D eigenvalue weighted by molar-refractivity contribution is 0.690. The zero-order valence-corrected chi connectivity index (χ0v) is 9.62. The van der Waals surface area contributed by atoms with Gasteiger partial charge in [0.05, 0.1) is 11.1 Å². The Kier molecular flexibility index (Phi) is 4.36. The Labute approximate surface area is 96.3 Å². The molecule has 0 heterocycles. The van der Waals surface area contributed by atoms with Crippen molar-refractivity contribution in [3.63, 3.8) is 0 Å². The number of nitrogens with zero attached hydrogens (tertiary/aromatic N) is 2. The second kappa shape index (κ2) is 5.78. The topological polar surface area (TPSA) is 59.6 Å². The number of rotatable bonds is 4. The fraction of sp³-hybridized carbons (Fsp3) is 0.385. The average Bonchev–Trinajstić information content (AvgIpc) is 2.29. The molecule has 0 fully saturated rings. The highest BCUT2D eigenvalue weighted by molar-refractivity contribution is 5.56. The Morgan fingerprint density at radius 2 is 1.94 bits per heavy atom. The van der Waals surface area contributed by atoms with Crippen LogP contribution in [0, 0.1) is 22.7 Å². The largest absolute Gasteiger partial charge is 0.383 e. The van der Waals surface area contributed by atoms with Crippen LogP contribution in [-0.4, -0.2) is 6.04 Å².